The maximum atomic E-state index is 12.9. The Morgan fingerprint density at radius 3 is 1.86 bits per heavy atom. The molecule has 1 amide bonds. The number of carbonyl (C=O) groups excluding carboxylic acids is 1. The zero-order chi connectivity index (χ0) is 31.4. The van der Waals surface area contributed by atoms with Gasteiger partial charge in [0.05, 0.1) is 10.9 Å². The van der Waals surface area contributed by atoms with Gasteiger partial charge in [-0.3, -0.25) is 14.4 Å². The van der Waals surface area contributed by atoms with E-state index in [0.717, 1.165) is 23.1 Å². The number of hydrogen-bond acceptors (Lipinski definition) is 3. The van der Waals surface area contributed by atoms with Crippen LogP contribution in [-0.2, 0) is 17.6 Å². The molecule has 0 aliphatic carbocycles. The average Bonchev–Trinajstić information content (AvgIpc) is 2.95. The van der Waals surface area contributed by atoms with Crippen molar-refractivity contribution < 1.29 is 14.7 Å². The van der Waals surface area contributed by atoms with E-state index in [9.17, 15) is 14.4 Å². The van der Waals surface area contributed by atoms with Gasteiger partial charge in [-0.15, -0.1) is 0 Å². The van der Waals surface area contributed by atoms with Crippen LogP contribution in [0.3, 0.4) is 0 Å². The molecule has 1 heterocycles. The molecule has 1 aromatic heterocycles. The molecule has 0 radical (unpaired) electrons. The Kier molecular flexibility index (Phi) is 9.19. The van der Waals surface area contributed by atoms with Gasteiger partial charge >= 0.3 is 5.97 Å². The first-order valence-electron chi connectivity index (χ1n) is 14.5. The number of carbonyl (C=O) groups is 2. The molecule has 0 bridgehead atoms. The smallest absolute Gasteiger partial charge is 0.309 e. The molecule has 0 spiro atoms. The molecule has 222 valence electrons. The maximum Gasteiger partial charge on any atom is 0.309 e. The number of aliphatic carboxylic acids is 1. The number of para-hydroxylation sites is 1. The Morgan fingerprint density at radius 1 is 0.721 bits per heavy atom. The van der Waals surface area contributed by atoms with Crippen molar-refractivity contribution in [3.05, 3.63) is 129 Å². The first-order chi connectivity index (χ1) is 20.3. The summed E-state index contributed by atoms with van der Waals surface area (Å²) in [5, 5.41) is 13.4. The molecule has 0 unspecified atom stereocenters. The zero-order valence-corrected chi connectivity index (χ0v) is 25.7. The van der Waals surface area contributed by atoms with Crippen LogP contribution < -0.4 is 10.7 Å². The molecular weight excluding hydrogens is 536 g/mol. The molecule has 0 fully saturated rings. The molecule has 0 atom stereocenters. The lowest BCUT2D eigenvalue weighted by Crippen LogP contribution is -2.45. The van der Waals surface area contributed by atoms with Crippen molar-refractivity contribution in [1.29, 1.82) is 0 Å². The third-order valence-electron chi connectivity index (χ3n) is 7.79. The van der Waals surface area contributed by atoms with Crippen molar-refractivity contribution in [2.45, 2.75) is 59.9 Å². The summed E-state index contributed by atoms with van der Waals surface area (Å²) in [5.41, 5.74) is 5.53. The average molecular weight is 577 g/mol. The number of carboxylic acids is 1. The van der Waals surface area contributed by atoms with Gasteiger partial charge in [-0.1, -0.05) is 60.7 Å². The van der Waals surface area contributed by atoms with Gasteiger partial charge in [-0.2, -0.15) is 0 Å². The summed E-state index contributed by atoms with van der Waals surface area (Å²) in [6, 6.07) is 28.7. The third kappa shape index (κ3) is 7.58. The quantitative estimate of drug-likeness (QED) is 0.176. The molecule has 5 rings (SSSR count). The first-order valence-corrected chi connectivity index (χ1v) is 14.5. The highest BCUT2D eigenvalue weighted by molar-refractivity contribution is 6.00. The first kappa shape index (κ1) is 31.2. The molecule has 0 aliphatic rings. The number of hydrogen-bond donors (Lipinski definition) is 3. The van der Waals surface area contributed by atoms with Crippen LogP contribution in [0.5, 0.6) is 0 Å². The second-order valence-corrected chi connectivity index (χ2v) is 12.5. The van der Waals surface area contributed by atoms with Gasteiger partial charge in [0.1, 0.15) is 0 Å². The van der Waals surface area contributed by atoms with Crippen LogP contribution in [0.15, 0.2) is 95.8 Å². The number of pyridine rings is 1. The largest absolute Gasteiger partial charge is 0.481 e. The molecular formula is C37H40N2O4. The van der Waals surface area contributed by atoms with Crippen molar-refractivity contribution in [3.63, 3.8) is 0 Å². The summed E-state index contributed by atoms with van der Waals surface area (Å²) in [4.78, 5) is 39.8. The lowest BCUT2D eigenvalue weighted by molar-refractivity contribution is -0.146. The van der Waals surface area contributed by atoms with Crippen LogP contribution in [0, 0.1) is 19.3 Å². The predicted octanol–water partition coefficient (Wildman–Crippen LogP) is 7.39. The van der Waals surface area contributed by atoms with Crippen LogP contribution in [0.2, 0.25) is 0 Å². The fourth-order valence-corrected chi connectivity index (χ4v) is 5.14. The Morgan fingerprint density at radius 2 is 1.26 bits per heavy atom. The second-order valence-electron chi connectivity index (χ2n) is 12.5. The molecule has 3 N–H and O–H groups in total. The number of rotatable bonds is 7. The summed E-state index contributed by atoms with van der Waals surface area (Å²) < 4.78 is 0. The minimum Gasteiger partial charge on any atom is -0.481 e. The number of aryl methyl sites for hydroxylation is 2. The van der Waals surface area contributed by atoms with E-state index in [2.05, 4.69) is 29.4 Å². The number of benzene rings is 4. The molecule has 0 saturated heterocycles. The van der Waals surface area contributed by atoms with E-state index in [1.165, 1.54) is 11.1 Å². The lowest BCUT2D eigenvalue weighted by Gasteiger charge is -2.27. The number of amides is 1. The molecule has 5 aromatic rings. The van der Waals surface area contributed by atoms with Crippen LogP contribution in [0.4, 0.5) is 0 Å². The molecule has 43 heavy (non-hydrogen) atoms. The fraction of sp³-hybridized carbons (Fsp3) is 0.270. The van der Waals surface area contributed by atoms with Gasteiger partial charge in [0.25, 0.3) is 5.91 Å². The predicted molar refractivity (Wildman–Crippen MR) is 175 cm³/mol. The van der Waals surface area contributed by atoms with Crippen LogP contribution in [0.1, 0.15) is 60.3 Å². The van der Waals surface area contributed by atoms with Gasteiger partial charge in [0, 0.05) is 27.4 Å². The number of H-pyrrole nitrogens is 1. The summed E-state index contributed by atoms with van der Waals surface area (Å²) in [6.45, 7) is 11.6. The lowest BCUT2D eigenvalue weighted by atomic mass is 9.84. The normalized spacial score (nSPS) is 11.6. The van der Waals surface area contributed by atoms with Crippen LogP contribution >= 0.6 is 0 Å². The van der Waals surface area contributed by atoms with E-state index in [0.29, 0.717) is 28.3 Å². The van der Waals surface area contributed by atoms with Crippen molar-refractivity contribution in [3.8, 4) is 0 Å². The highest BCUT2D eigenvalue weighted by atomic mass is 16.4. The van der Waals surface area contributed by atoms with E-state index in [4.69, 9.17) is 5.11 Å². The molecule has 6 heteroatoms. The summed E-state index contributed by atoms with van der Waals surface area (Å²) >= 11 is 0. The topological polar surface area (TPSA) is 99.3 Å². The Labute approximate surface area is 252 Å². The Hall–Kier alpha value is -4.71. The minimum atomic E-state index is -0.749. The van der Waals surface area contributed by atoms with Gasteiger partial charge in [0.2, 0.25) is 0 Å². The SMILES string of the molecule is Cc1ccccc1CC(C)(C)C(=O)O.Cc1ccccc1CC(C)(C)NC(=O)c1ccc2c(=O)c3ccccc3[nH]c2c1. The summed E-state index contributed by atoms with van der Waals surface area (Å²) in [7, 11) is 0. The zero-order valence-electron chi connectivity index (χ0n) is 25.7. The van der Waals surface area contributed by atoms with Crippen LogP contribution in [0.25, 0.3) is 21.8 Å². The monoisotopic (exact) mass is 576 g/mol. The second kappa shape index (κ2) is 12.7. The molecule has 0 aliphatic heterocycles. The molecule has 4 aromatic carbocycles. The van der Waals surface area contributed by atoms with Gasteiger partial charge < -0.3 is 15.4 Å². The van der Waals surface area contributed by atoms with E-state index in [1.54, 1.807) is 32.0 Å². The van der Waals surface area contributed by atoms with Gasteiger partial charge in [0.15, 0.2) is 5.43 Å². The van der Waals surface area contributed by atoms with E-state index >= 15 is 0 Å². The maximum absolute atomic E-state index is 12.9. The minimum absolute atomic E-state index is 0.0267. The summed E-state index contributed by atoms with van der Waals surface area (Å²) in [5.74, 6) is -0.903. The van der Waals surface area contributed by atoms with Crippen molar-refractivity contribution in [2.75, 3.05) is 0 Å². The number of aromatic amines is 1. The number of nitrogens with one attached hydrogen (secondary N) is 2. The van der Waals surface area contributed by atoms with E-state index in [1.807, 2.05) is 81.4 Å². The van der Waals surface area contributed by atoms with Crippen LogP contribution in [-0.4, -0.2) is 27.5 Å². The van der Waals surface area contributed by atoms with Crippen molar-refractivity contribution in [1.82, 2.24) is 10.3 Å². The number of aromatic nitrogens is 1. The fourth-order valence-electron chi connectivity index (χ4n) is 5.14. The van der Waals surface area contributed by atoms with Gasteiger partial charge in [-0.05, 0) is 107 Å². The highest BCUT2D eigenvalue weighted by Crippen LogP contribution is 2.24. The number of carboxylic acid groups (broad SMARTS) is 1. The standard InChI is InChI=1S/C25H24N2O2.C12H16O2/c1-16-8-4-5-9-18(16)15-25(2,3)27-24(29)17-12-13-20-22(14-17)26-21-11-7-6-10-19(21)23(20)28;1-9-6-4-5-7-10(9)8-12(2,3)11(13)14/h4-14H,15H2,1-3H3,(H,26,28)(H,27,29);4-7H,8H2,1-3H3,(H,13,14). The van der Waals surface area contributed by atoms with Crippen molar-refractivity contribution >= 4 is 33.7 Å². The number of fused-ring (bicyclic) bond motifs is 2. The summed E-state index contributed by atoms with van der Waals surface area (Å²) in [6.07, 6.45) is 1.31. The van der Waals surface area contributed by atoms with E-state index in [-0.39, 0.29) is 11.3 Å². The Balaban J connectivity index is 0.000000255. The third-order valence-corrected chi connectivity index (χ3v) is 7.79. The van der Waals surface area contributed by atoms with E-state index < -0.39 is 16.9 Å². The Bertz CT molecular complexity index is 1850. The van der Waals surface area contributed by atoms with Gasteiger partial charge in [-0.25, -0.2) is 0 Å². The highest BCUT2D eigenvalue weighted by Gasteiger charge is 2.27. The molecule has 6 nitrogen and oxygen atoms in total. The van der Waals surface area contributed by atoms with Crippen molar-refractivity contribution in [2.24, 2.45) is 5.41 Å². The molecule has 0 saturated carbocycles.